The van der Waals surface area contributed by atoms with Gasteiger partial charge in [-0.25, -0.2) is 4.79 Å². The van der Waals surface area contributed by atoms with Crippen LogP contribution in [-0.2, 0) is 0 Å². The number of carbonyl (C=O) groups is 1. The van der Waals surface area contributed by atoms with Gasteiger partial charge in [0.25, 0.3) is 0 Å². The second-order valence-electron chi connectivity index (χ2n) is 3.98. The number of carbonyl (C=O) groups excluding carboxylic acids is 1. The van der Waals surface area contributed by atoms with Crippen LogP contribution in [0.4, 0.5) is 10.5 Å². The summed E-state index contributed by atoms with van der Waals surface area (Å²) in [4.78, 5) is 15.5. The Morgan fingerprint density at radius 1 is 1.24 bits per heavy atom. The van der Waals surface area contributed by atoms with Crippen LogP contribution in [0.3, 0.4) is 0 Å². The molecule has 1 saturated heterocycles. The average molecular weight is 254 g/mol. The van der Waals surface area contributed by atoms with Crippen LogP contribution < -0.4 is 10.2 Å². The number of hydrogen-bond donors (Lipinski definition) is 1. The number of piperazine rings is 1. The smallest absolute Gasteiger partial charge is 0.317 e. The van der Waals surface area contributed by atoms with E-state index in [0.29, 0.717) is 0 Å². The Balaban J connectivity index is 2.00. The average Bonchev–Trinajstić information content (AvgIpc) is 2.39. The van der Waals surface area contributed by atoms with E-state index in [0.717, 1.165) is 36.9 Å². The van der Waals surface area contributed by atoms with Gasteiger partial charge in [-0.2, -0.15) is 0 Å². The van der Waals surface area contributed by atoms with E-state index < -0.39 is 0 Å². The Kier molecular flexibility index (Phi) is 3.74. The fourth-order valence-electron chi connectivity index (χ4n) is 2.02. The van der Waals surface area contributed by atoms with Gasteiger partial charge in [0.05, 0.1) is 10.7 Å². The summed E-state index contributed by atoms with van der Waals surface area (Å²) in [5.41, 5.74) is 1.05. The highest BCUT2D eigenvalue weighted by Crippen LogP contribution is 2.25. The number of rotatable bonds is 1. The Hall–Kier alpha value is -1.42. The van der Waals surface area contributed by atoms with E-state index in [2.05, 4.69) is 10.2 Å². The first-order valence-electron chi connectivity index (χ1n) is 5.68. The van der Waals surface area contributed by atoms with E-state index >= 15 is 0 Å². The summed E-state index contributed by atoms with van der Waals surface area (Å²) in [7, 11) is 1.66. The Morgan fingerprint density at radius 2 is 1.88 bits per heavy atom. The van der Waals surface area contributed by atoms with Crippen molar-refractivity contribution < 1.29 is 4.79 Å². The standard InChI is InChI=1S/C12H16ClN3O/c1-14-12(17)16-8-6-15(7-9-16)11-5-3-2-4-10(11)13/h2-5H,6-9H2,1H3,(H,14,17). The summed E-state index contributed by atoms with van der Waals surface area (Å²) < 4.78 is 0. The predicted molar refractivity (Wildman–Crippen MR) is 69.7 cm³/mol. The van der Waals surface area contributed by atoms with E-state index in [4.69, 9.17) is 11.6 Å². The number of benzene rings is 1. The van der Waals surface area contributed by atoms with Gasteiger partial charge in [-0.3, -0.25) is 0 Å². The fourth-order valence-corrected chi connectivity index (χ4v) is 2.27. The lowest BCUT2D eigenvalue weighted by Gasteiger charge is -2.36. The SMILES string of the molecule is CNC(=O)N1CCN(c2ccccc2Cl)CC1. The van der Waals surface area contributed by atoms with Gasteiger partial charge >= 0.3 is 6.03 Å². The predicted octanol–water partition coefficient (Wildman–Crippen LogP) is 1.80. The van der Waals surface area contributed by atoms with Crippen LogP contribution in [-0.4, -0.2) is 44.2 Å². The van der Waals surface area contributed by atoms with Crippen LogP contribution in [0.25, 0.3) is 0 Å². The van der Waals surface area contributed by atoms with Crippen molar-refractivity contribution in [3.05, 3.63) is 29.3 Å². The maximum atomic E-state index is 11.4. The second kappa shape index (κ2) is 5.27. The minimum Gasteiger partial charge on any atom is -0.367 e. The number of nitrogens with zero attached hydrogens (tertiary/aromatic N) is 2. The summed E-state index contributed by atoms with van der Waals surface area (Å²) in [6.45, 7) is 3.09. The van der Waals surface area contributed by atoms with Crippen LogP contribution >= 0.6 is 11.6 Å². The molecule has 0 radical (unpaired) electrons. The van der Waals surface area contributed by atoms with E-state index in [1.54, 1.807) is 7.05 Å². The van der Waals surface area contributed by atoms with E-state index in [1.807, 2.05) is 29.2 Å². The van der Waals surface area contributed by atoms with Gasteiger partial charge < -0.3 is 15.1 Å². The van der Waals surface area contributed by atoms with Gasteiger partial charge in [-0.05, 0) is 12.1 Å². The Labute approximate surface area is 106 Å². The highest BCUT2D eigenvalue weighted by Gasteiger charge is 2.21. The molecule has 1 heterocycles. The minimum atomic E-state index is -0.0104. The van der Waals surface area contributed by atoms with Crippen molar-refractivity contribution in [2.24, 2.45) is 0 Å². The molecule has 0 unspecified atom stereocenters. The summed E-state index contributed by atoms with van der Waals surface area (Å²) >= 11 is 6.15. The molecule has 2 rings (SSSR count). The van der Waals surface area contributed by atoms with Crippen molar-refractivity contribution in [2.45, 2.75) is 0 Å². The van der Waals surface area contributed by atoms with Gasteiger partial charge in [0.1, 0.15) is 0 Å². The highest BCUT2D eigenvalue weighted by atomic mass is 35.5. The molecule has 4 nitrogen and oxygen atoms in total. The van der Waals surface area contributed by atoms with E-state index in [9.17, 15) is 4.79 Å². The molecule has 0 saturated carbocycles. The highest BCUT2D eigenvalue weighted by molar-refractivity contribution is 6.33. The van der Waals surface area contributed by atoms with Crippen molar-refractivity contribution in [2.75, 3.05) is 38.1 Å². The quantitative estimate of drug-likeness (QED) is 0.829. The van der Waals surface area contributed by atoms with Crippen LogP contribution in [0, 0.1) is 0 Å². The first kappa shape index (κ1) is 12.0. The lowest BCUT2D eigenvalue weighted by Crippen LogP contribution is -2.51. The molecule has 2 amide bonds. The monoisotopic (exact) mass is 253 g/mol. The van der Waals surface area contributed by atoms with E-state index in [1.165, 1.54) is 0 Å². The Morgan fingerprint density at radius 3 is 2.47 bits per heavy atom. The molecule has 92 valence electrons. The zero-order chi connectivity index (χ0) is 12.3. The third-order valence-electron chi connectivity index (χ3n) is 2.97. The second-order valence-corrected chi connectivity index (χ2v) is 4.39. The largest absolute Gasteiger partial charge is 0.367 e. The number of nitrogens with one attached hydrogen (secondary N) is 1. The molecule has 1 aliphatic heterocycles. The number of para-hydroxylation sites is 1. The molecule has 5 heteroatoms. The molecule has 0 spiro atoms. The van der Waals surface area contributed by atoms with Crippen molar-refractivity contribution in [3.8, 4) is 0 Å². The van der Waals surface area contributed by atoms with Gasteiger partial charge in [0, 0.05) is 33.2 Å². The fraction of sp³-hybridized carbons (Fsp3) is 0.417. The summed E-state index contributed by atoms with van der Waals surface area (Å²) in [5, 5.41) is 3.41. The van der Waals surface area contributed by atoms with E-state index in [-0.39, 0.29) is 6.03 Å². The van der Waals surface area contributed by atoms with Crippen LogP contribution in [0.5, 0.6) is 0 Å². The van der Waals surface area contributed by atoms with Gasteiger partial charge in [0.15, 0.2) is 0 Å². The number of halogens is 1. The number of urea groups is 1. The molecule has 0 aromatic heterocycles. The normalized spacial score (nSPS) is 15.9. The topological polar surface area (TPSA) is 35.6 Å². The third kappa shape index (κ3) is 2.64. The molecule has 1 fully saturated rings. The number of hydrogen-bond acceptors (Lipinski definition) is 2. The first-order chi connectivity index (χ1) is 8.22. The third-order valence-corrected chi connectivity index (χ3v) is 3.29. The number of amides is 2. The van der Waals surface area contributed by atoms with Gasteiger partial charge in [0.2, 0.25) is 0 Å². The maximum Gasteiger partial charge on any atom is 0.317 e. The van der Waals surface area contributed by atoms with Crippen LogP contribution in [0.1, 0.15) is 0 Å². The van der Waals surface area contributed by atoms with Crippen molar-refractivity contribution >= 4 is 23.3 Å². The number of anilines is 1. The summed E-state index contributed by atoms with van der Waals surface area (Å²) in [5.74, 6) is 0. The molecule has 17 heavy (non-hydrogen) atoms. The van der Waals surface area contributed by atoms with Gasteiger partial charge in [-0.1, -0.05) is 23.7 Å². The van der Waals surface area contributed by atoms with Crippen LogP contribution in [0.15, 0.2) is 24.3 Å². The first-order valence-corrected chi connectivity index (χ1v) is 6.06. The Bertz CT molecular complexity index is 402. The summed E-state index contributed by atoms with van der Waals surface area (Å²) in [6.07, 6.45) is 0. The molecule has 1 aromatic rings. The maximum absolute atomic E-state index is 11.4. The molecule has 0 atom stereocenters. The zero-order valence-electron chi connectivity index (χ0n) is 9.82. The molecule has 0 aliphatic carbocycles. The lowest BCUT2D eigenvalue weighted by molar-refractivity contribution is 0.196. The molecule has 1 N–H and O–H groups in total. The van der Waals surface area contributed by atoms with Crippen molar-refractivity contribution in [3.63, 3.8) is 0 Å². The lowest BCUT2D eigenvalue weighted by atomic mass is 10.2. The minimum absolute atomic E-state index is 0.0104. The molecular formula is C12H16ClN3O. The van der Waals surface area contributed by atoms with Crippen molar-refractivity contribution in [1.82, 2.24) is 10.2 Å². The van der Waals surface area contributed by atoms with Crippen LogP contribution in [0.2, 0.25) is 5.02 Å². The molecule has 0 bridgehead atoms. The molecular weight excluding hydrogens is 238 g/mol. The zero-order valence-corrected chi connectivity index (χ0v) is 10.6. The van der Waals surface area contributed by atoms with Crippen molar-refractivity contribution in [1.29, 1.82) is 0 Å². The van der Waals surface area contributed by atoms with Gasteiger partial charge in [-0.15, -0.1) is 0 Å². The molecule has 1 aromatic carbocycles. The summed E-state index contributed by atoms with van der Waals surface area (Å²) in [6, 6.07) is 7.79. The molecule has 1 aliphatic rings.